The van der Waals surface area contributed by atoms with Crippen LogP contribution in [0, 0.1) is 0 Å². The Hall–Kier alpha value is -0.990. The van der Waals surface area contributed by atoms with Crippen LogP contribution in [0.1, 0.15) is 12.5 Å². The van der Waals surface area contributed by atoms with Crippen LogP contribution in [0.25, 0.3) is 10.9 Å². The highest BCUT2D eigenvalue weighted by Crippen LogP contribution is 2.28. The van der Waals surface area contributed by atoms with Crippen molar-refractivity contribution in [3.05, 3.63) is 35.0 Å². The van der Waals surface area contributed by atoms with Crippen LogP contribution in [0.5, 0.6) is 0 Å². The third-order valence-corrected chi connectivity index (χ3v) is 3.38. The monoisotopic (exact) mass is 236 g/mol. The second-order valence-corrected chi connectivity index (χ2v) is 4.70. The van der Waals surface area contributed by atoms with E-state index in [1.165, 1.54) is 16.5 Å². The number of aromatic nitrogens is 1. The third-order valence-electron chi connectivity index (χ3n) is 3.06. The van der Waals surface area contributed by atoms with Gasteiger partial charge in [-0.2, -0.15) is 0 Å². The molecule has 0 aliphatic rings. The topological polar surface area (TPSA) is 17.0 Å². The molecule has 0 radical (unpaired) electrons. The van der Waals surface area contributed by atoms with E-state index in [0.29, 0.717) is 6.04 Å². The van der Waals surface area contributed by atoms with E-state index in [1.807, 2.05) is 19.2 Å². The summed E-state index contributed by atoms with van der Waals surface area (Å²) in [5.74, 6) is 0. The molecule has 3 heteroatoms. The third kappa shape index (κ3) is 1.95. The molecule has 2 rings (SSSR count). The quantitative estimate of drug-likeness (QED) is 0.867. The van der Waals surface area contributed by atoms with Gasteiger partial charge in [0.2, 0.25) is 0 Å². The Morgan fingerprint density at radius 1 is 1.44 bits per heavy atom. The van der Waals surface area contributed by atoms with Crippen LogP contribution < -0.4 is 5.32 Å². The molecule has 0 aliphatic carbocycles. The van der Waals surface area contributed by atoms with Gasteiger partial charge in [0.1, 0.15) is 0 Å². The van der Waals surface area contributed by atoms with E-state index in [-0.39, 0.29) is 0 Å². The van der Waals surface area contributed by atoms with Crippen molar-refractivity contribution in [1.82, 2.24) is 9.88 Å². The van der Waals surface area contributed by atoms with E-state index < -0.39 is 0 Å². The minimum Gasteiger partial charge on any atom is -0.350 e. The number of likely N-dealkylation sites (N-methyl/N-ethyl adjacent to an activating group) is 1. The molecule has 0 spiro atoms. The normalized spacial score (nSPS) is 13.2. The van der Waals surface area contributed by atoms with Gasteiger partial charge in [-0.1, -0.05) is 17.7 Å². The molecule has 0 aliphatic heterocycles. The van der Waals surface area contributed by atoms with Gasteiger partial charge in [0, 0.05) is 30.2 Å². The molecule has 0 fully saturated rings. The number of benzene rings is 1. The van der Waals surface area contributed by atoms with Crippen molar-refractivity contribution in [3.8, 4) is 0 Å². The highest BCUT2D eigenvalue weighted by molar-refractivity contribution is 6.35. The van der Waals surface area contributed by atoms with Crippen LogP contribution in [-0.4, -0.2) is 17.7 Å². The molecule has 86 valence electrons. The summed E-state index contributed by atoms with van der Waals surface area (Å²) in [6, 6.07) is 6.52. The van der Waals surface area contributed by atoms with E-state index >= 15 is 0 Å². The van der Waals surface area contributed by atoms with Crippen molar-refractivity contribution < 1.29 is 0 Å². The zero-order valence-electron chi connectivity index (χ0n) is 9.92. The lowest BCUT2D eigenvalue weighted by molar-refractivity contribution is 0.609. The average molecular weight is 237 g/mol. The van der Waals surface area contributed by atoms with Gasteiger partial charge in [-0.3, -0.25) is 0 Å². The van der Waals surface area contributed by atoms with Crippen molar-refractivity contribution >= 4 is 22.5 Å². The summed E-state index contributed by atoms with van der Waals surface area (Å²) in [4.78, 5) is 0. The molecule has 2 nitrogen and oxygen atoms in total. The first-order valence-electron chi connectivity index (χ1n) is 5.53. The molecule has 2 aromatic rings. The van der Waals surface area contributed by atoms with Gasteiger partial charge < -0.3 is 9.88 Å². The molecule has 0 bridgehead atoms. The van der Waals surface area contributed by atoms with Crippen molar-refractivity contribution in [2.75, 3.05) is 7.05 Å². The van der Waals surface area contributed by atoms with Crippen LogP contribution >= 0.6 is 11.6 Å². The molecule has 1 atom stereocenters. The van der Waals surface area contributed by atoms with Crippen LogP contribution in [0.15, 0.2) is 24.4 Å². The van der Waals surface area contributed by atoms with Crippen LogP contribution in [0.2, 0.25) is 5.02 Å². The van der Waals surface area contributed by atoms with Gasteiger partial charge in [0.15, 0.2) is 0 Å². The molecular weight excluding hydrogens is 220 g/mol. The first-order chi connectivity index (χ1) is 7.63. The number of nitrogens with one attached hydrogen (secondary N) is 1. The number of rotatable bonds is 3. The lowest BCUT2D eigenvalue weighted by Crippen LogP contribution is -2.23. The van der Waals surface area contributed by atoms with E-state index in [0.717, 1.165) is 11.4 Å². The largest absolute Gasteiger partial charge is 0.350 e. The second-order valence-electron chi connectivity index (χ2n) is 4.29. The number of nitrogens with zero attached hydrogens (tertiary/aromatic N) is 1. The van der Waals surface area contributed by atoms with Gasteiger partial charge in [-0.05, 0) is 38.1 Å². The van der Waals surface area contributed by atoms with Crippen molar-refractivity contribution in [3.63, 3.8) is 0 Å². The Kier molecular flexibility index (Phi) is 3.22. The fraction of sp³-hybridized carbons (Fsp3) is 0.385. The van der Waals surface area contributed by atoms with Crippen LogP contribution in [-0.2, 0) is 13.5 Å². The zero-order chi connectivity index (χ0) is 11.7. The van der Waals surface area contributed by atoms with Gasteiger partial charge in [0.25, 0.3) is 0 Å². The van der Waals surface area contributed by atoms with Crippen molar-refractivity contribution in [2.45, 2.75) is 19.4 Å². The summed E-state index contributed by atoms with van der Waals surface area (Å²) in [7, 11) is 4.05. The number of fused-ring (bicyclic) bond motifs is 1. The summed E-state index contributed by atoms with van der Waals surface area (Å²) >= 11 is 6.27. The molecule has 16 heavy (non-hydrogen) atoms. The first kappa shape index (κ1) is 11.5. The van der Waals surface area contributed by atoms with E-state index in [2.05, 4.69) is 36.1 Å². The van der Waals surface area contributed by atoms with E-state index in [1.54, 1.807) is 0 Å². The van der Waals surface area contributed by atoms with Crippen molar-refractivity contribution in [1.29, 1.82) is 0 Å². The zero-order valence-corrected chi connectivity index (χ0v) is 10.7. The Labute approximate surface area is 101 Å². The number of aryl methyl sites for hydroxylation is 1. The molecule has 0 saturated heterocycles. The predicted molar refractivity (Wildman–Crippen MR) is 70.2 cm³/mol. The van der Waals surface area contributed by atoms with Crippen LogP contribution in [0.3, 0.4) is 0 Å². The molecular formula is C13H17ClN2. The number of halogens is 1. The highest BCUT2D eigenvalue weighted by Gasteiger charge is 2.11. The van der Waals surface area contributed by atoms with E-state index in [9.17, 15) is 0 Å². The summed E-state index contributed by atoms with van der Waals surface area (Å²) in [6.07, 6.45) is 3.17. The average Bonchev–Trinajstić information content (AvgIpc) is 2.57. The SMILES string of the molecule is CNC(C)Cc1cn(C)c2cccc(Cl)c12. The summed E-state index contributed by atoms with van der Waals surface area (Å²) in [5.41, 5.74) is 2.51. The standard InChI is InChI=1S/C13H17ClN2/c1-9(15-2)7-10-8-16(3)12-6-4-5-11(14)13(10)12/h4-6,8-9,15H,7H2,1-3H3. The summed E-state index contributed by atoms with van der Waals surface area (Å²) < 4.78 is 2.14. The minimum absolute atomic E-state index is 0.460. The molecule has 1 N–H and O–H groups in total. The summed E-state index contributed by atoms with van der Waals surface area (Å²) in [6.45, 7) is 2.18. The summed E-state index contributed by atoms with van der Waals surface area (Å²) in [5, 5.41) is 5.29. The number of hydrogen-bond acceptors (Lipinski definition) is 1. The Morgan fingerprint density at radius 3 is 2.88 bits per heavy atom. The maximum atomic E-state index is 6.27. The predicted octanol–water partition coefficient (Wildman–Crippen LogP) is 2.98. The van der Waals surface area contributed by atoms with Gasteiger partial charge in [-0.25, -0.2) is 0 Å². The van der Waals surface area contributed by atoms with Gasteiger partial charge >= 0.3 is 0 Å². The molecule has 1 aromatic carbocycles. The smallest absolute Gasteiger partial charge is 0.0502 e. The fourth-order valence-corrected chi connectivity index (χ4v) is 2.37. The second kappa shape index (κ2) is 4.48. The van der Waals surface area contributed by atoms with Gasteiger partial charge in [-0.15, -0.1) is 0 Å². The lowest BCUT2D eigenvalue weighted by Gasteiger charge is -2.08. The molecule has 0 saturated carbocycles. The first-order valence-corrected chi connectivity index (χ1v) is 5.91. The Morgan fingerprint density at radius 2 is 2.19 bits per heavy atom. The van der Waals surface area contributed by atoms with Crippen molar-refractivity contribution in [2.24, 2.45) is 7.05 Å². The molecule has 1 heterocycles. The van der Waals surface area contributed by atoms with Crippen LogP contribution in [0.4, 0.5) is 0 Å². The molecule has 1 unspecified atom stereocenters. The maximum Gasteiger partial charge on any atom is 0.0502 e. The van der Waals surface area contributed by atoms with E-state index in [4.69, 9.17) is 11.6 Å². The lowest BCUT2D eigenvalue weighted by atomic mass is 10.1. The molecule has 1 aromatic heterocycles. The Bertz CT molecular complexity index is 502. The maximum absolute atomic E-state index is 6.27. The number of hydrogen-bond donors (Lipinski definition) is 1. The highest BCUT2D eigenvalue weighted by atomic mass is 35.5. The fourth-order valence-electron chi connectivity index (χ4n) is 2.08. The minimum atomic E-state index is 0.460. The molecule has 0 amide bonds. The van der Waals surface area contributed by atoms with Gasteiger partial charge in [0.05, 0.1) is 5.02 Å². The Balaban J connectivity index is 2.53.